The summed E-state index contributed by atoms with van der Waals surface area (Å²) in [5.74, 6) is 0.0819. The normalized spacial score (nSPS) is 11.4. The first kappa shape index (κ1) is 13.9. The first-order chi connectivity index (χ1) is 9.61. The van der Waals surface area contributed by atoms with Crippen LogP contribution >= 0.6 is 0 Å². The Balaban J connectivity index is 2.28. The Morgan fingerprint density at radius 2 is 2.20 bits per heavy atom. The van der Waals surface area contributed by atoms with Gasteiger partial charge in [0.1, 0.15) is 0 Å². The van der Waals surface area contributed by atoms with Crippen molar-refractivity contribution >= 4 is 11.5 Å². The number of aryl methyl sites for hydroxylation is 1. The lowest BCUT2D eigenvalue weighted by molar-refractivity contribution is 0.318. The van der Waals surface area contributed by atoms with E-state index in [1.165, 1.54) is 11.1 Å². The zero-order valence-electron chi connectivity index (χ0n) is 11.6. The lowest BCUT2D eigenvalue weighted by atomic mass is 10.1. The number of anilines is 1. The van der Waals surface area contributed by atoms with Gasteiger partial charge in [-0.05, 0) is 18.6 Å². The fraction of sp³-hybridized carbons (Fsp3) is 0.200. The second-order valence-electron chi connectivity index (χ2n) is 4.72. The van der Waals surface area contributed by atoms with Gasteiger partial charge in [0.05, 0.1) is 11.9 Å². The standard InChI is InChI=1S/C15H18N4O/c1-11-4-3-5-12(8-11)10-19(2)14-9-17-7-6-13(14)15(16)18-20/h3-9,20H,10H2,1-2H3,(H2,16,18). The molecule has 3 N–H and O–H groups in total. The van der Waals surface area contributed by atoms with E-state index < -0.39 is 0 Å². The number of hydrogen-bond donors (Lipinski definition) is 2. The molecule has 1 aromatic heterocycles. The van der Waals surface area contributed by atoms with E-state index in [4.69, 9.17) is 10.9 Å². The van der Waals surface area contributed by atoms with Crippen LogP contribution in [0.2, 0.25) is 0 Å². The number of oxime groups is 1. The Morgan fingerprint density at radius 3 is 2.90 bits per heavy atom. The fourth-order valence-corrected chi connectivity index (χ4v) is 2.13. The van der Waals surface area contributed by atoms with Gasteiger partial charge in [0.15, 0.2) is 5.84 Å². The van der Waals surface area contributed by atoms with Crippen molar-refractivity contribution in [1.29, 1.82) is 0 Å². The van der Waals surface area contributed by atoms with E-state index in [1.807, 2.05) is 18.0 Å². The van der Waals surface area contributed by atoms with Crippen molar-refractivity contribution in [3.63, 3.8) is 0 Å². The zero-order chi connectivity index (χ0) is 14.5. The molecule has 0 fully saturated rings. The van der Waals surface area contributed by atoms with E-state index in [2.05, 4.69) is 35.3 Å². The predicted molar refractivity (Wildman–Crippen MR) is 80.0 cm³/mol. The first-order valence-electron chi connectivity index (χ1n) is 6.30. The Morgan fingerprint density at radius 1 is 1.40 bits per heavy atom. The summed E-state index contributed by atoms with van der Waals surface area (Å²) < 4.78 is 0. The van der Waals surface area contributed by atoms with E-state index in [9.17, 15) is 0 Å². The highest BCUT2D eigenvalue weighted by Crippen LogP contribution is 2.20. The van der Waals surface area contributed by atoms with Crippen molar-refractivity contribution in [2.24, 2.45) is 10.9 Å². The molecule has 0 amide bonds. The molecule has 0 atom stereocenters. The molecule has 0 bridgehead atoms. The molecule has 0 radical (unpaired) electrons. The number of hydrogen-bond acceptors (Lipinski definition) is 4. The number of amidine groups is 1. The molecule has 0 spiro atoms. The molecule has 1 heterocycles. The molecule has 2 rings (SSSR count). The van der Waals surface area contributed by atoms with Gasteiger partial charge in [-0.15, -0.1) is 0 Å². The summed E-state index contributed by atoms with van der Waals surface area (Å²) >= 11 is 0. The molecule has 0 saturated carbocycles. The molecule has 0 saturated heterocycles. The van der Waals surface area contributed by atoms with Crippen molar-refractivity contribution in [2.45, 2.75) is 13.5 Å². The van der Waals surface area contributed by atoms with E-state index in [0.29, 0.717) is 5.56 Å². The number of aromatic nitrogens is 1. The van der Waals surface area contributed by atoms with Gasteiger partial charge in [0.2, 0.25) is 0 Å². The summed E-state index contributed by atoms with van der Waals surface area (Å²) in [6.45, 7) is 2.79. The molecule has 5 nitrogen and oxygen atoms in total. The van der Waals surface area contributed by atoms with Crippen LogP contribution in [-0.2, 0) is 6.54 Å². The molecule has 104 valence electrons. The van der Waals surface area contributed by atoms with Crippen LogP contribution in [0.1, 0.15) is 16.7 Å². The van der Waals surface area contributed by atoms with Crippen LogP contribution in [-0.4, -0.2) is 23.1 Å². The molecule has 0 aliphatic rings. The largest absolute Gasteiger partial charge is 0.409 e. The Kier molecular flexibility index (Phi) is 4.20. The van der Waals surface area contributed by atoms with E-state index in [-0.39, 0.29) is 5.84 Å². The van der Waals surface area contributed by atoms with Gasteiger partial charge in [-0.1, -0.05) is 35.0 Å². The topological polar surface area (TPSA) is 74.7 Å². The van der Waals surface area contributed by atoms with Crippen LogP contribution in [0.3, 0.4) is 0 Å². The lowest BCUT2D eigenvalue weighted by Crippen LogP contribution is -2.22. The number of benzene rings is 1. The second-order valence-corrected chi connectivity index (χ2v) is 4.72. The van der Waals surface area contributed by atoms with Crippen molar-refractivity contribution in [3.8, 4) is 0 Å². The molecule has 1 aromatic carbocycles. The minimum Gasteiger partial charge on any atom is -0.409 e. The zero-order valence-corrected chi connectivity index (χ0v) is 11.6. The molecule has 5 heteroatoms. The van der Waals surface area contributed by atoms with Gasteiger partial charge in [0, 0.05) is 25.4 Å². The molecular formula is C15H18N4O. The van der Waals surface area contributed by atoms with E-state index in [1.54, 1.807) is 18.5 Å². The van der Waals surface area contributed by atoms with Crippen LogP contribution in [0, 0.1) is 6.92 Å². The second kappa shape index (κ2) is 6.06. The summed E-state index contributed by atoms with van der Waals surface area (Å²) in [6, 6.07) is 10.0. The van der Waals surface area contributed by atoms with Crippen LogP contribution in [0.25, 0.3) is 0 Å². The van der Waals surface area contributed by atoms with Gasteiger partial charge in [-0.25, -0.2) is 0 Å². The van der Waals surface area contributed by atoms with Crippen molar-refractivity contribution < 1.29 is 5.21 Å². The van der Waals surface area contributed by atoms with Gasteiger partial charge in [-0.3, -0.25) is 4.98 Å². The van der Waals surface area contributed by atoms with Crippen LogP contribution in [0.15, 0.2) is 47.9 Å². The van der Waals surface area contributed by atoms with Crippen LogP contribution in [0.5, 0.6) is 0 Å². The Bertz CT molecular complexity index is 625. The van der Waals surface area contributed by atoms with Crippen molar-refractivity contribution in [1.82, 2.24) is 4.98 Å². The summed E-state index contributed by atoms with van der Waals surface area (Å²) in [5.41, 5.74) is 9.60. The minimum atomic E-state index is 0.0819. The van der Waals surface area contributed by atoms with Crippen LogP contribution in [0.4, 0.5) is 5.69 Å². The third-order valence-electron chi connectivity index (χ3n) is 3.10. The van der Waals surface area contributed by atoms with Gasteiger partial charge in [-0.2, -0.15) is 0 Å². The fourth-order valence-electron chi connectivity index (χ4n) is 2.13. The average Bonchev–Trinajstić information content (AvgIpc) is 2.46. The maximum Gasteiger partial charge on any atom is 0.172 e. The molecule has 20 heavy (non-hydrogen) atoms. The predicted octanol–water partition coefficient (Wildman–Crippen LogP) is 2.12. The van der Waals surface area contributed by atoms with Gasteiger partial charge < -0.3 is 15.8 Å². The van der Waals surface area contributed by atoms with Crippen molar-refractivity contribution in [2.75, 3.05) is 11.9 Å². The molecule has 0 aliphatic carbocycles. The SMILES string of the molecule is Cc1cccc(CN(C)c2cnccc2/C(N)=N/O)c1. The van der Waals surface area contributed by atoms with E-state index in [0.717, 1.165) is 12.2 Å². The van der Waals surface area contributed by atoms with Crippen LogP contribution < -0.4 is 10.6 Å². The smallest absolute Gasteiger partial charge is 0.172 e. The first-order valence-corrected chi connectivity index (χ1v) is 6.30. The Hall–Kier alpha value is -2.56. The highest BCUT2D eigenvalue weighted by atomic mass is 16.4. The number of nitrogens with two attached hydrogens (primary N) is 1. The minimum absolute atomic E-state index is 0.0819. The quantitative estimate of drug-likeness (QED) is 0.386. The summed E-state index contributed by atoms with van der Waals surface area (Å²) in [6.07, 6.45) is 3.33. The van der Waals surface area contributed by atoms with Crippen molar-refractivity contribution in [3.05, 3.63) is 59.4 Å². The monoisotopic (exact) mass is 270 g/mol. The Labute approximate surface area is 118 Å². The summed E-state index contributed by atoms with van der Waals surface area (Å²) in [7, 11) is 1.95. The lowest BCUT2D eigenvalue weighted by Gasteiger charge is -2.21. The van der Waals surface area contributed by atoms with Gasteiger partial charge in [0.25, 0.3) is 0 Å². The number of rotatable bonds is 4. The van der Waals surface area contributed by atoms with Gasteiger partial charge >= 0.3 is 0 Å². The summed E-state index contributed by atoms with van der Waals surface area (Å²) in [5, 5.41) is 11.9. The molecule has 0 aliphatic heterocycles. The molecule has 0 unspecified atom stereocenters. The highest BCUT2D eigenvalue weighted by Gasteiger charge is 2.11. The average molecular weight is 270 g/mol. The number of nitrogens with zero attached hydrogens (tertiary/aromatic N) is 3. The third-order valence-corrected chi connectivity index (χ3v) is 3.10. The molecule has 2 aromatic rings. The highest BCUT2D eigenvalue weighted by molar-refractivity contribution is 6.01. The molecular weight excluding hydrogens is 252 g/mol. The third kappa shape index (κ3) is 3.06. The summed E-state index contributed by atoms with van der Waals surface area (Å²) in [4.78, 5) is 6.13. The van der Waals surface area contributed by atoms with E-state index >= 15 is 0 Å². The maximum atomic E-state index is 8.84. The number of pyridine rings is 1. The maximum absolute atomic E-state index is 8.84.